The molecule has 2 aliphatic rings. The van der Waals surface area contributed by atoms with Crippen LogP contribution in [0, 0.1) is 0 Å². The zero-order chi connectivity index (χ0) is 11.7. The number of nitrogens with one attached hydrogen (secondary N) is 1. The van der Waals surface area contributed by atoms with Crippen LogP contribution in [0.2, 0.25) is 0 Å². The molecule has 92 valence electrons. The lowest BCUT2D eigenvalue weighted by Gasteiger charge is -2.19. The third kappa shape index (κ3) is 2.45. The summed E-state index contributed by atoms with van der Waals surface area (Å²) in [5.74, 6) is 1.05. The summed E-state index contributed by atoms with van der Waals surface area (Å²) in [5, 5.41) is 3.39. The molecule has 2 aliphatic heterocycles. The molecule has 0 aromatic heterocycles. The minimum Gasteiger partial charge on any atom is -0.489 e. The molecule has 1 saturated heterocycles. The summed E-state index contributed by atoms with van der Waals surface area (Å²) in [6.07, 6.45) is 2.64. The molecule has 1 aromatic carbocycles. The topological polar surface area (TPSA) is 24.5 Å². The second kappa shape index (κ2) is 4.67. The van der Waals surface area contributed by atoms with Gasteiger partial charge in [0.1, 0.15) is 11.9 Å². The molecular weight excluding hydrogens is 212 g/mol. The largest absolute Gasteiger partial charge is 0.489 e. The Hall–Kier alpha value is -1.06. The van der Waals surface area contributed by atoms with Gasteiger partial charge in [-0.05, 0) is 49.7 Å². The Kier molecular flexibility index (Phi) is 3.04. The van der Waals surface area contributed by atoms with Crippen molar-refractivity contribution in [3.05, 3.63) is 29.3 Å². The molecule has 1 fully saturated rings. The SMILES string of the molecule is CN1CC[C@@H](Oc2ccc3c(c2)CCNC3)C1. The summed E-state index contributed by atoms with van der Waals surface area (Å²) in [6.45, 7) is 4.29. The van der Waals surface area contributed by atoms with E-state index in [4.69, 9.17) is 4.74 Å². The second-order valence-electron chi connectivity index (χ2n) is 5.15. The summed E-state index contributed by atoms with van der Waals surface area (Å²) in [5.41, 5.74) is 2.87. The molecule has 0 saturated carbocycles. The van der Waals surface area contributed by atoms with Crippen molar-refractivity contribution in [1.82, 2.24) is 10.2 Å². The molecule has 1 N–H and O–H groups in total. The molecule has 0 radical (unpaired) electrons. The van der Waals surface area contributed by atoms with E-state index in [9.17, 15) is 0 Å². The minimum absolute atomic E-state index is 0.375. The normalized spacial score (nSPS) is 24.6. The number of nitrogens with zero attached hydrogens (tertiary/aromatic N) is 1. The molecule has 3 nitrogen and oxygen atoms in total. The van der Waals surface area contributed by atoms with E-state index in [1.165, 1.54) is 11.1 Å². The summed E-state index contributed by atoms with van der Waals surface area (Å²) in [7, 11) is 2.15. The summed E-state index contributed by atoms with van der Waals surface area (Å²) in [4.78, 5) is 2.33. The molecule has 0 spiro atoms. The number of likely N-dealkylation sites (N-methyl/N-ethyl adjacent to an activating group) is 1. The molecule has 0 aliphatic carbocycles. The Balaban J connectivity index is 1.71. The zero-order valence-electron chi connectivity index (χ0n) is 10.4. The van der Waals surface area contributed by atoms with Gasteiger partial charge in [-0.2, -0.15) is 0 Å². The first-order valence-corrected chi connectivity index (χ1v) is 6.49. The fourth-order valence-corrected chi connectivity index (χ4v) is 2.71. The predicted octanol–water partition coefficient (Wildman–Crippen LogP) is 1.42. The van der Waals surface area contributed by atoms with Crippen molar-refractivity contribution in [2.45, 2.75) is 25.5 Å². The maximum atomic E-state index is 6.05. The van der Waals surface area contributed by atoms with Crippen LogP contribution in [0.25, 0.3) is 0 Å². The maximum absolute atomic E-state index is 6.05. The molecule has 0 bridgehead atoms. The van der Waals surface area contributed by atoms with Crippen LogP contribution in [-0.2, 0) is 13.0 Å². The van der Waals surface area contributed by atoms with Gasteiger partial charge in [0.25, 0.3) is 0 Å². The molecule has 0 unspecified atom stereocenters. The Morgan fingerprint density at radius 3 is 3.12 bits per heavy atom. The molecular formula is C14H20N2O. The number of hydrogen-bond donors (Lipinski definition) is 1. The number of rotatable bonds is 2. The molecule has 2 heterocycles. The van der Waals surface area contributed by atoms with Crippen LogP contribution in [0.3, 0.4) is 0 Å². The van der Waals surface area contributed by atoms with Crippen LogP contribution in [0.15, 0.2) is 18.2 Å². The van der Waals surface area contributed by atoms with Gasteiger partial charge in [0.2, 0.25) is 0 Å². The molecule has 17 heavy (non-hydrogen) atoms. The van der Waals surface area contributed by atoms with Gasteiger partial charge in [0.15, 0.2) is 0 Å². The minimum atomic E-state index is 0.375. The Morgan fingerprint density at radius 2 is 2.29 bits per heavy atom. The third-order valence-electron chi connectivity index (χ3n) is 3.72. The first-order chi connectivity index (χ1) is 8.31. The average molecular weight is 232 g/mol. The molecule has 1 aromatic rings. The second-order valence-corrected chi connectivity index (χ2v) is 5.15. The first-order valence-electron chi connectivity index (χ1n) is 6.49. The van der Waals surface area contributed by atoms with E-state index in [0.29, 0.717) is 6.10 Å². The lowest BCUT2D eigenvalue weighted by Crippen LogP contribution is -2.24. The van der Waals surface area contributed by atoms with Crippen LogP contribution in [0.4, 0.5) is 0 Å². The standard InChI is InChI=1S/C14H20N2O/c1-16-7-5-14(10-16)17-13-3-2-12-9-15-6-4-11(12)8-13/h2-3,8,14-15H,4-7,9-10H2,1H3/t14-/m1/s1. The number of benzene rings is 1. The van der Waals surface area contributed by atoms with Crippen molar-refractivity contribution < 1.29 is 4.74 Å². The Bertz CT molecular complexity index is 405. The van der Waals surface area contributed by atoms with Crippen molar-refractivity contribution in [2.75, 3.05) is 26.7 Å². The highest BCUT2D eigenvalue weighted by Crippen LogP contribution is 2.23. The van der Waals surface area contributed by atoms with E-state index in [1.54, 1.807) is 0 Å². The maximum Gasteiger partial charge on any atom is 0.120 e. The van der Waals surface area contributed by atoms with Crippen LogP contribution in [0.1, 0.15) is 17.5 Å². The molecule has 3 rings (SSSR count). The number of likely N-dealkylation sites (tertiary alicyclic amines) is 1. The van der Waals surface area contributed by atoms with Crippen molar-refractivity contribution >= 4 is 0 Å². The van der Waals surface area contributed by atoms with E-state index in [1.807, 2.05) is 0 Å². The van der Waals surface area contributed by atoms with Gasteiger partial charge in [0.05, 0.1) is 0 Å². The number of hydrogen-bond acceptors (Lipinski definition) is 3. The first kappa shape index (κ1) is 11.1. The fourth-order valence-electron chi connectivity index (χ4n) is 2.71. The van der Waals surface area contributed by atoms with Gasteiger partial charge in [-0.3, -0.25) is 0 Å². The van der Waals surface area contributed by atoms with Gasteiger partial charge in [-0.25, -0.2) is 0 Å². The number of fused-ring (bicyclic) bond motifs is 1. The summed E-state index contributed by atoms with van der Waals surface area (Å²) < 4.78 is 6.05. The Labute approximate surface area is 103 Å². The molecule has 1 atom stereocenters. The van der Waals surface area contributed by atoms with Gasteiger partial charge >= 0.3 is 0 Å². The zero-order valence-corrected chi connectivity index (χ0v) is 10.4. The van der Waals surface area contributed by atoms with Crippen molar-refractivity contribution in [1.29, 1.82) is 0 Å². The summed E-state index contributed by atoms with van der Waals surface area (Å²) in [6, 6.07) is 6.55. The fraction of sp³-hybridized carbons (Fsp3) is 0.571. The van der Waals surface area contributed by atoms with Crippen molar-refractivity contribution in [3.63, 3.8) is 0 Å². The van der Waals surface area contributed by atoms with Crippen LogP contribution < -0.4 is 10.1 Å². The van der Waals surface area contributed by atoms with Crippen LogP contribution in [-0.4, -0.2) is 37.7 Å². The molecule has 0 amide bonds. The van der Waals surface area contributed by atoms with Crippen molar-refractivity contribution in [3.8, 4) is 5.75 Å². The number of ether oxygens (including phenoxy) is 1. The summed E-state index contributed by atoms with van der Waals surface area (Å²) >= 11 is 0. The van der Waals surface area contributed by atoms with E-state index in [-0.39, 0.29) is 0 Å². The Morgan fingerprint density at radius 1 is 1.35 bits per heavy atom. The van der Waals surface area contributed by atoms with E-state index < -0.39 is 0 Å². The molecule has 3 heteroatoms. The van der Waals surface area contributed by atoms with E-state index in [2.05, 4.69) is 35.5 Å². The monoisotopic (exact) mass is 232 g/mol. The smallest absolute Gasteiger partial charge is 0.120 e. The average Bonchev–Trinajstić information content (AvgIpc) is 2.75. The van der Waals surface area contributed by atoms with Gasteiger partial charge in [-0.15, -0.1) is 0 Å². The van der Waals surface area contributed by atoms with Gasteiger partial charge in [-0.1, -0.05) is 6.07 Å². The quantitative estimate of drug-likeness (QED) is 0.834. The van der Waals surface area contributed by atoms with E-state index in [0.717, 1.165) is 44.8 Å². The predicted molar refractivity (Wildman–Crippen MR) is 68.4 cm³/mol. The van der Waals surface area contributed by atoms with Gasteiger partial charge in [0, 0.05) is 19.6 Å². The third-order valence-corrected chi connectivity index (χ3v) is 3.72. The lowest BCUT2D eigenvalue weighted by molar-refractivity contribution is 0.208. The highest BCUT2D eigenvalue weighted by atomic mass is 16.5. The van der Waals surface area contributed by atoms with E-state index >= 15 is 0 Å². The van der Waals surface area contributed by atoms with Gasteiger partial charge < -0.3 is 15.0 Å². The lowest BCUT2D eigenvalue weighted by atomic mass is 10.0. The highest BCUT2D eigenvalue weighted by molar-refractivity contribution is 5.37. The van der Waals surface area contributed by atoms with Crippen LogP contribution >= 0.6 is 0 Å². The van der Waals surface area contributed by atoms with Crippen LogP contribution in [0.5, 0.6) is 5.75 Å². The van der Waals surface area contributed by atoms with Crippen molar-refractivity contribution in [2.24, 2.45) is 0 Å². The highest BCUT2D eigenvalue weighted by Gasteiger charge is 2.21.